The van der Waals surface area contributed by atoms with Crippen molar-refractivity contribution in [2.24, 2.45) is 5.92 Å². The molecular weight excluding hydrogens is 212 g/mol. The number of benzene rings is 1. The molecule has 3 N–H and O–H groups in total. The second kappa shape index (κ2) is 5.80. The van der Waals surface area contributed by atoms with E-state index in [2.05, 4.69) is 12.2 Å². The van der Waals surface area contributed by atoms with Gasteiger partial charge in [-0.05, 0) is 31.2 Å². The van der Waals surface area contributed by atoms with Crippen molar-refractivity contribution in [1.29, 1.82) is 0 Å². The molecule has 1 aromatic carbocycles. The molecule has 0 bridgehead atoms. The first-order valence-corrected chi connectivity index (χ1v) is 6.55. The van der Waals surface area contributed by atoms with Gasteiger partial charge in [0.05, 0.1) is 6.61 Å². The molecule has 0 radical (unpaired) electrons. The summed E-state index contributed by atoms with van der Waals surface area (Å²) in [6.45, 7) is 3.89. The third-order valence-corrected chi connectivity index (χ3v) is 3.22. The molecule has 0 atom stereocenters. The zero-order valence-corrected chi connectivity index (χ0v) is 10.5. The van der Waals surface area contributed by atoms with E-state index in [9.17, 15) is 0 Å². The summed E-state index contributed by atoms with van der Waals surface area (Å²) in [5.41, 5.74) is 7.70. The number of nitrogen functional groups attached to an aromatic ring is 1. The van der Waals surface area contributed by atoms with Gasteiger partial charge in [0, 0.05) is 30.1 Å². The summed E-state index contributed by atoms with van der Waals surface area (Å²) in [4.78, 5) is 0. The number of nitrogens with one attached hydrogen (secondary N) is 1. The van der Waals surface area contributed by atoms with E-state index in [1.165, 1.54) is 19.3 Å². The van der Waals surface area contributed by atoms with Crippen LogP contribution in [-0.2, 0) is 0 Å². The Hall–Kier alpha value is -1.38. The van der Waals surface area contributed by atoms with Gasteiger partial charge in [0.1, 0.15) is 5.75 Å². The molecule has 3 heteroatoms. The normalized spacial score (nSPS) is 15.4. The quantitative estimate of drug-likeness (QED) is 0.743. The maximum Gasteiger partial charge on any atom is 0.123 e. The molecular formula is C14H22N2O. The summed E-state index contributed by atoms with van der Waals surface area (Å²) >= 11 is 0. The number of hydrogen-bond acceptors (Lipinski definition) is 3. The summed E-state index contributed by atoms with van der Waals surface area (Å²) in [5, 5.41) is 3.44. The Morgan fingerprint density at radius 1 is 1.35 bits per heavy atom. The predicted octanol–water partition coefficient (Wildman–Crippen LogP) is 3.27. The van der Waals surface area contributed by atoms with Crippen molar-refractivity contribution in [2.75, 3.05) is 24.2 Å². The Labute approximate surface area is 103 Å². The zero-order chi connectivity index (χ0) is 12.1. The maximum atomic E-state index is 5.86. The highest BCUT2D eigenvalue weighted by atomic mass is 16.5. The van der Waals surface area contributed by atoms with E-state index >= 15 is 0 Å². The molecule has 0 aromatic heterocycles. The van der Waals surface area contributed by atoms with Crippen LogP contribution in [-0.4, -0.2) is 13.2 Å². The molecule has 0 aliphatic heterocycles. The number of hydrogen-bond donors (Lipinski definition) is 2. The van der Waals surface area contributed by atoms with Crippen molar-refractivity contribution >= 4 is 11.4 Å². The zero-order valence-electron chi connectivity index (χ0n) is 10.5. The Morgan fingerprint density at radius 2 is 2.18 bits per heavy atom. The first kappa shape index (κ1) is 12.1. The van der Waals surface area contributed by atoms with Crippen LogP contribution in [0.4, 0.5) is 11.4 Å². The highest BCUT2D eigenvalue weighted by Gasteiger charge is 2.16. The van der Waals surface area contributed by atoms with Gasteiger partial charge in [-0.1, -0.05) is 13.3 Å². The molecule has 2 rings (SSSR count). The third kappa shape index (κ3) is 3.55. The summed E-state index contributed by atoms with van der Waals surface area (Å²) < 4.78 is 5.60. The largest absolute Gasteiger partial charge is 0.493 e. The van der Waals surface area contributed by atoms with Crippen molar-refractivity contribution in [2.45, 2.75) is 32.6 Å². The molecule has 94 valence electrons. The van der Waals surface area contributed by atoms with Crippen molar-refractivity contribution < 1.29 is 4.74 Å². The molecule has 1 aromatic rings. The minimum Gasteiger partial charge on any atom is -0.493 e. The van der Waals surface area contributed by atoms with Gasteiger partial charge in [0.25, 0.3) is 0 Å². The Balaban J connectivity index is 1.92. The Kier molecular flexibility index (Phi) is 4.13. The number of nitrogens with two attached hydrogens (primary N) is 1. The summed E-state index contributed by atoms with van der Waals surface area (Å²) in [6, 6.07) is 5.88. The lowest BCUT2D eigenvalue weighted by atomic mass is 9.85. The van der Waals surface area contributed by atoms with Gasteiger partial charge < -0.3 is 15.8 Å². The topological polar surface area (TPSA) is 47.3 Å². The van der Waals surface area contributed by atoms with Gasteiger partial charge in [-0.25, -0.2) is 0 Å². The standard InChI is InChI=1S/C14H22N2O/c1-2-6-17-14-8-12(15)7-13(9-14)16-10-11-4-3-5-11/h7-9,11,16H,2-6,10,15H2,1H3. The van der Waals surface area contributed by atoms with Gasteiger partial charge >= 0.3 is 0 Å². The molecule has 0 heterocycles. The van der Waals surface area contributed by atoms with Gasteiger partial charge in [0.15, 0.2) is 0 Å². The lowest BCUT2D eigenvalue weighted by Gasteiger charge is -2.26. The molecule has 3 nitrogen and oxygen atoms in total. The third-order valence-electron chi connectivity index (χ3n) is 3.22. The van der Waals surface area contributed by atoms with Crippen LogP contribution in [0.5, 0.6) is 5.75 Å². The van der Waals surface area contributed by atoms with Crippen LogP contribution in [0, 0.1) is 5.92 Å². The fraction of sp³-hybridized carbons (Fsp3) is 0.571. The molecule has 1 fully saturated rings. The van der Waals surface area contributed by atoms with Crippen LogP contribution in [0.3, 0.4) is 0 Å². The molecule has 1 saturated carbocycles. The second-order valence-corrected chi connectivity index (χ2v) is 4.82. The van der Waals surface area contributed by atoms with E-state index in [0.717, 1.165) is 42.6 Å². The molecule has 1 aliphatic rings. The van der Waals surface area contributed by atoms with Gasteiger partial charge in [-0.15, -0.1) is 0 Å². The van der Waals surface area contributed by atoms with Crippen molar-refractivity contribution in [3.8, 4) is 5.75 Å². The van der Waals surface area contributed by atoms with Crippen molar-refractivity contribution in [3.63, 3.8) is 0 Å². The van der Waals surface area contributed by atoms with E-state index in [-0.39, 0.29) is 0 Å². The lowest BCUT2D eigenvalue weighted by Crippen LogP contribution is -2.20. The fourth-order valence-corrected chi connectivity index (χ4v) is 1.99. The fourth-order valence-electron chi connectivity index (χ4n) is 1.99. The Bertz CT molecular complexity index is 361. The van der Waals surface area contributed by atoms with E-state index in [1.54, 1.807) is 0 Å². The molecule has 17 heavy (non-hydrogen) atoms. The SMILES string of the molecule is CCCOc1cc(N)cc(NCC2CCC2)c1. The molecule has 0 unspecified atom stereocenters. The molecule has 0 spiro atoms. The second-order valence-electron chi connectivity index (χ2n) is 4.82. The molecule has 1 aliphatic carbocycles. The summed E-state index contributed by atoms with van der Waals surface area (Å²) in [5.74, 6) is 1.71. The number of rotatable bonds is 6. The summed E-state index contributed by atoms with van der Waals surface area (Å²) in [7, 11) is 0. The molecule has 0 amide bonds. The Morgan fingerprint density at radius 3 is 2.82 bits per heavy atom. The van der Waals surface area contributed by atoms with E-state index in [1.807, 2.05) is 18.2 Å². The predicted molar refractivity (Wildman–Crippen MR) is 72.5 cm³/mol. The smallest absolute Gasteiger partial charge is 0.123 e. The molecule has 0 saturated heterocycles. The minimum absolute atomic E-state index is 0.742. The highest BCUT2D eigenvalue weighted by Crippen LogP contribution is 2.28. The summed E-state index contributed by atoms with van der Waals surface area (Å²) in [6.07, 6.45) is 5.11. The van der Waals surface area contributed by atoms with Crippen LogP contribution in [0.15, 0.2) is 18.2 Å². The van der Waals surface area contributed by atoms with Crippen molar-refractivity contribution in [3.05, 3.63) is 18.2 Å². The maximum absolute atomic E-state index is 5.86. The monoisotopic (exact) mass is 234 g/mol. The first-order valence-electron chi connectivity index (χ1n) is 6.55. The van der Waals surface area contributed by atoms with Gasteiger partial charge in [-0.2, -0.15) is 0 Å². The number of anilines is 2. The van der Waals surface area contributed by atoms with Crippen LogP contribution in [0.2, 0.25) is 0 Å². The van der Waals surface area contributed by atoms with Gasteiger partial charge in [0.2, 0.25) is 0 Å². The van der Waals surface area contributed by atoms with Crippen LogP contribution >= 0.6 is 0 Å². The van der Waals surface area contributed by atoms with Crippen LogP contribution in [0.25, 0.3) is 0 Å². The lowest BCUT2D eigenvalue weighted by molar-refractivity contribution is 0.317. The van der Waals surface area contributed by atoms with E-state index < -0.39 is 0 Å². The van der Waals surface area contributed by atoms with Gasteiger partial charge in [-0.3, -0.25) is 0 Å². The van der Waals surface area contributed by atoms with E-state index in [0.29, 0.717) is 0 Å². The van der Waals surface area contributed by atoms with Crippen LogP contribution in [0.1, 0.15) is 32.6 Å². The number of ether oxygens (including phenoxy) is 1. The average molecular weight is 234 g/mol. The first-order chi connectivity index (χ1) is 8.28. The van der Waals surface area contributed by atoms with Crippen LogP contribution < -0.4 is 15.8 Å². The average Bonchev–Trinajstić information content (AvgIpc) is 2.23. The highest BCUT2D eigenvalue weighted by molar-refractivity contribution is 5.59. The van der Waals surface area contributed by atoms with E-state index in [4.69, 9.17) is 10.5 Å². The minimum atomic E-state index is 0.742. The van der Waals surface area contributed by atoms with Crippen molar-refractivity contribution in [1.82, 2.24) is 0 Å².